The van der Waals surface area contributed by atoms with Crippen molar-refractivity contribution in [1.29, 1.82) is 5.26 Å². The zero-order chi connectivity index (χ0) is 12.8. The molecule has 0 unspecified atom stereocenters. The van der Waals surface area contributed by atoms with Crippen molar-refractivity contribution in [3.8, 4) is 17.6 Å². The quantitative estimate of drug-likeness (QED) is 0.809. The molecule has 0 saturated heterocycles. The first-order valence-electron chi connectivity index (χ1n) is 5.29. The molecule has 0 radical (unpaired) electrons. The maximum absolute atomic E-state index is 8.94. The monoisotopic (exact) mass is 232 g/mol. The molecule has 0 aliphatic rings. The summed E-state index contributed by atoms with van der Waals surface area (Å²) in [6.07, 6.45) is 0.608. The Hall–Kier alpha value is -2.15. The Balaban J connectivity index is 3.26. The van der Waals surface area contributed by atoms with Crippen molar-refractivity contribution in [2.75, 3.05) is 14.2 Å². The molecule has 4 nitrogen and oxygen atoms in total. The highest BCUT2D eigenvalue weighted by Crippen LogP contribution is 2.30. The minimum absolute atomic E-state index is 0.482. The van der Waals surface area contributed by atoms with E-state index in [-0.39, 0.29) is 0 Å². The lowest BCUT2D eigenvalue weighted by molar-refractivity contribution is 0.355. The second kappa shape index (κ2) is 5.80. The Kier molecular flexibility index (Phi) is 4.41. The summed E-state index contributed by atoms with van der Waals surface area (Å²) in [7, 11) is 3.13. The number of allylic oxidation sites excluding steroid dienone is 1. The molecule has 0 bridgehead atoms. The molecule has 17 heavy (non-hydrogen) atoms. The summed E-state index contributed by atoms with van der Waals surface area (Å²) in [4.78, 5) is 0. The van der Waals surface area contributed by atoms with Crippen LogP contribution in [-0.4, -0.2) is 14.2 Å². The lowest BCUT2D eigenvalue weighted by Crippen LogP contribution is -2.01. The van der Waals surface area contributed by atoms with Gasteiger partial charge in [0.15, 0.2) is 11.5 Å². The molecule has 0 spiro atoms. The summed E-state index contributed by atoms with van der Waals surface area (Å²) < 4.78 is 10.3. The minimum atomic E-state index is 0.482. The van der Waals surface area contributed by atoms with E-state index in [0.717, 1.165) is 5.56 Å². The van der Waals surface area contributed by atoms with Gasteiger partial charge in [-0.15, -0.1) is 0 Å². The van der Waals surface area contributed by atoms with Crippen molar-refractivity contribution >= 4 is 5.70 Å². The van der Waals surface area contributed by atoms with Crippen molar-refractivity contribution in [2.45, 2.75) is 13.3 Å². The number of nitriles is 1. The second-order valence-corrected chi connectivity index (χ2v) is 3.43. The van der Waals surface area contributed by atoms with E-state index < -0.39 is 0 Å². The van der Waals surface area contributed by atoms with E-state index in [2.05, 4.69) is 6.07 Å². The Morgan fingerprint density at radius 1 is 1.29 bits per heavy atom. The molecule has 0 aliphatic carbocycles. The van der Waals surface area contributed by atoms with E-state index in [4.69, 9.17) is 20.5 Å². The molecule has 0 aliphatic heterocycles. The molecule has 1 aromatic carbocycles. The molecule has 0 fully saturated rings. The summed E-state index contributed by atoms with van der Waals surface area (Å²) >= 11 is 0. The van der Waals surface area contributed by atoms with Gasteiger partial charge in [-0.05, 0) is 24.6 Å². The van der Waals surface area contributed by atoms with E-state index >= 15 is 0 Å². The molecule has 0 atom stereocenters. The first-order chi connectivity index (χ1) is 8.17. The molecule has 0 saturated carbocycles. The van der Waals surface area contributed by atoms with Gasteiger partial charge in [-0.1, -0.05) is 6.92 Å². The molecule has 0 aromatic heterocycles. The van der Waals surface area contributed by atoms with Gasteiger partial charge in [-0.3, -0.25) is 0 Å². The fraction of sp³-hybridized carbons (Fsp3) is 0.308. The predicted octanol–water partition coefficient (Wildman–Crippen LogP) is 2.31. The van der Waals surface area contributed by atoms with Gasteiger partial charge in [0.25, 0.3) is 0 Å². The zero-order valence-electron chi connectivity index (χ0n) is 10.3. The standard InChI is InChI=1S/C13H16N2O2/c1-4-9(8-14)13(15)10-5-6-11(16-2)12(7-10)17-3/h5-7H,4,15H2,1-3H3/b13-9-. The smallest absolute Gasteiger partial charge is 0.161 e. The van der Waals surface area contributed by atoms with E-state index in [1.165, 1.54) is 0 Å². The number of ether oxygens (including phenoxy) is 2. The lowest BCUT2D eigenvalue weighted by Gasteiger charge is -2.10. The third-order valence-corrected chi connectivity index (χ3v) is 2.51. The summed E-state index contributed by atoms with van der Waals surface area (Å²) in [5.41, 5.74) is 7.75. The first-order valence-corrected chi connectivity index (χ1v) is 5.29. The van der Waals surface area contributed by atoms with Crippen LogP contribution in [0.2, 0.25) is 0 Å². The van der Waals surface area contributed by atoms with E-state index in [9.17, 15) is 0 Å². The largest absolute Gasteiger partial charge is 0.493 e. The topological polar surface area (TPSA) is 68.3 Å². The van der Waals surface area contributed by atoms with Crippen molar-refractivity contribution in [2.24, 2.45) is 5.73 Å². The van der Waals surface area contributed by atoms with Crippen LogP contribution >= 0.6 is 0 Å². The number of rotatable bonds is 4. The third kappa shape index (κ3) is 2.70. The molecule has 0 heterocycles. The van der Waals surface area contributed by atoms with Crippen LogP contribution in [0.5, 0.6) is 11.5 Å². The van der Waals surface area contributed by atoms with Gasteiger partial charge in [-0.2, -0.15) is 5.26 Å². The van der Waals surface area contributed by atoms with Gasteiger partial charge in [0.05, 0.1) is 31.6 Å². The van der Waals surface area contributed by atoms with Crippen molar-refractivity contribution in [3.05, 3.63) is 29.3 Å². The van der Waals surface area contributed by atoms with E-state index in [0.29, 0.717) is 29.2 Å². The Bertz CT molecular complexity index is 473. The fourth-order valence-electron chi connectivity index (χ4n) is 1.51. The third-order valence-electron chi connectivity index (χ3n) is 2.51. The minimum Gasteiger partial charge on any atom is -0.493 e. The normalized spacial score (nSPS) is 11.4. The number of nitrogens with two attached hydrogens (primary N) is 1. The van der Waals surface area contributed by atoms with Crippen molar-refractivity contribution in [3.63, 3.8) is 0 Å². The Morgan fingerprint density at radius 2 is 1.94 bits per heavy atom. The SMILES string of the molecule is CC/C(C#N)=C(/N)c1ccc(OC)c(OC)c1. The number of nitrogens with zero attached hydrogens (tertiary/aromatic N) is 1. The molecule has 90 valence electrons. The van der Waals surface area contributed by atoms with Crippen LogP contribution in [0.4, 0.5) is 0 Å². The summed E-state index contributed by atoms with van der Waals surface area (Å²) in [5.74, 6) is 1.24. The predicted molar refractivity (Wildman–Crippen MR) is 66.6 cm³/mol. The molecule has 1 rings (SSSR count). The highest BCUT2D eigenvalue weighted by molar-refractivity contribution is 5.71. The van der Waals surface area contributed by atoms with Crippen molar-refractivity contribution in [1.82, 2.24) is 0 Å². The highest BCUT2D eigenvalue weighted by Gasteiger charge is 2.08. The first kappa shape index (κ1) is 12.9. The Labute approximate surface area is 101 Å². The maximum Gasteiger partial charge on any atom is 0.161 e. The number of hydrogen-bond acceptors (Lipinski definition) is 4. The average Bonchev–Trinajstić information content (AvgIpc) is 2.39. The van der Waals surface area contributed by atoms with Crippen LogP contribution in [0.25, 0.3) is 5.70 Å². The molecule has 4 heteroatoms. The summed E-state index contributed by atoms with van der Waals surface area (Å²) in [5, 5.41) is 8.94. The van der Waals surface area contributed by atoms with Crippen molar-refractivity contribution < 1.29 is 9.47 Å². The lowest BCUT2D eigenvalue weighted by atomic mass is 10.1. The van der Waals surface area contributed by atoms with Gasteiger partial charge in [0.2, 0.25) is 0 Å². The highest BCUT2D eigenvalue weighted by atomic mass is 16.5. The molecule has 1 aromatic rings. The molecular weight excluding hydrogens is 216 g/mol. The molecule has 2 N–H and O–H groups in total. The van der Waals surface area contributed by atoms with Crippen LogP contribution in [0.15, 0.2) is 23.8 Å². The molecule has 0 amide bonds. The maximum atomic E-state index is 8.94. The van der Waals surface area contributed by atoms with Gasteiger partial charge in [-0.25, -0.2) is 0 Å². The van der Waals surface area contributed by atoms with E-state index in [1.54, 1.807) is 26.4 Å². The van der Waals surface area contributed by atoms with E-state index in [1.807, 2.05) is 13.0 Å². The van der Waals surface area contributed by atoms with Gasteiger partial charge < -0.3 is 15.2 Å². The number of hydrogen-bond donors (Lipinski definition) is 1. The van der Waals surface area contributed by atoms with Crippen LogP contribution < -0.4 is 15.2 Å². The van der Waals surface area contributed by atoms with Gasteiger partial charge in [0, 0.05) is 5.56 Å². The zero-order valence-corrected chi connectivity index (χ0v) is 10.3. The second-order valence-electron chi connectivity index (χ2n) is 3.43. The van der Waals surface area contributed by atoms with Crippen LogP contribution in [0.1, 0.15) is 18.9 Å². The van der Waals surface area contributed by atoms with Crippen LogP contribution in [-0.2, 0) is 0 Å². The Morgan fingerprint density at radius 3 is 2.41 bits per heavy atom. The van der Waals surface area contributed by atoms with Crippen LogP contribution in [0, 0.1) is 11.3 Å². The fourth-order valence-corrected chi connectivity index (χ4v) is 1.51. The van der Waals surface area contributed by atoms with Gasteiger partial charge in [0.1, 0.15) is 0 Å². The average molecular weight is 232 g/mol. The number of benzene rings is 1. The summed E-state index contributed by atoms with van der Waals surface area (Å²) in [6, 6.07) is 7.44. The number of methoxy groups -OCH3 is 2. The van der Waals surface area contributed by atoms with Crippen LogP contribution in [0.3, 0.4) is 0 Å². The summed E-state index contributed by atoms with van der Waals surface area (Å²) in [6.45, 7) is 1.90. The molecular formula is C13H16N2O2. The van der Waals surface area contributed by atoms with Gasteiger partial charge >= 0.3 is 0 Å².